The lowest BCUT2D eigenvalue weighted by atomic mass is 10.0. The lowest BCUT2D eigenvalue weighted by Gasteiger charge is -2.16. The summed E-state index contributed by atoms with van der Waals surface area (Å²) in [5.41, 5.74) is 1.97. The predicted octanol–water partition coefficient (Wildman–Crippen LogP) is 4.00. The number of carbonyl (C=O) groups excluding carboxylic acids is 1. The average Bonchev–Trinajstić information content (AvgIpc) is 2.56. The number of hydrogen-bond acceptors (Lipinski definition) is 2. The molecule has 0 aromatic heterocycles. The molecule has 0 heterocycles. The van der Waals surface area contributed by atoms with E-state index in [1.807, 2.05) is 18.2 Å². The molecule has 0 bridgehead atoms. The molecule has 0 saturated carbocycles. The van der Waals surface area contributed by atoms with Crippen LogP contribution < -0.4 is 5.32 Å². The van der Waals surface area contributed by atoms with Crippen LogP contribution in [0.5, 0.6) is 0 Å². The number of amides is 1. The van der Waals surface area contributed by atoms with Crippen molar-refractivity contribution in [2.45, 2.75) is 33.1 Å². The van der Waals surface area contributed by atoms with Gasteiger partial charge < -0.3 is 10.2 Å². The van der Waals surface area contributed by atoms with E-state index in [9.17, 15) is 4.79 Å². The molecule has 1 amide bonds. The highest BCUT2D eigenvalue weighted by Gasteiger charge is 2.06. The molecule has 1 N–H and O–H groups in total. The molecule has 2 rings (SSSR count). The smallest absolute Gasteiger partial charge is 0.251 e. The van der Waals surface area contributed by atoms with Gasteiger partial charge >= 0.3 is 0 Å². The first-order chi connectivity index (χ1) is 11.1. The topological polar surface area (TPSA) is 32.3 Å². The van der Waals surface area contributed by atoms with Crippen LogP contribution in [0.3, 0.4) is 0 Å². The van der Waals surface area contributed by atoms with Gasteiger partial charge in [0.15, 0.2) is 0 Å². The summed E-state index contributed by atoms with van der Waals surface area (Å²) < 4.78 is 0. The summed E-state index contributed by atoms with van der Waals surface area (Å²) in [5.74, 6) is 0.0173. The van der Waals surface area contributed by atoms with Crippen LogP contribution in [0.2, 0.25) is 0 Å². The summed E-state index contributed by atoms with van der Waals surface area (Å²) in [4.78, 5) is 14.6. The Bertz CT molecular complexity index is 651. The van der Waals surface area contributed by atoms with Gasteiger partial charge in [-0.1, -0.05) is 43.2 Å². The van der Waals surface area contributed by atoms with Crippen LogP contribution in [0.25, 0.3) is 10.8 Å². The van der Waals surface area contributed by atoms with E-state index in [-0.39, 0.29) is 5.91 Å². The molecule has 0 radical (unpaired) electrons. The summed E-state index contributed by atoms with van der Waals surface area (Å²) in [6.45, 7) is 7.17. The van der Waals surface area contributed by atoms with Crippen molar-refractivity contribution in [1.82, 2.24) is 10.2 Å². The number of carbonyl (C=O) groups is 1. The third-order valence-corrected chi connectivity index (χ3v) is 4.15. The minimum absolute atomic E-state index is 0.0173. The van der Waals surface area contributed by atoms with Gasteiger partial charge in [0.25, 0.3) is 5.91 Å². The number of benzene rings is 2. The first-order valence-corrected chi connectivity index (χ1v) is 8.57. The fourth-order valence-corrected chi connectivity index (χ4v) is 2.70. The SMILES string of the molecule is CCCCN(C)CCCNC(=O)c1ccc2cc(C)ccc2c1. The zero-order chi connectivity index (χ0) is 16.7. The van der Waals surface area contributed by atoms with Crippen molar-refractivity contribution >= 4 is 16.7 Å². The highest BCUT2D eigenvalue weighted by atomic mass is 16.1. The Morgan fingerprint density at radius 3 is 2.52 bits per heavy atom. The van der Waals surface area contributed by atoms with Crippen molar-refractivity contribution < 1.29 is 4.79 Å². The molecule has 0 fully saturated rings. The van der Waals surface area contributed by atoms with Gasteiger partial charge in [0, 0.05) is 12.1 Å². The highest BCUT2D eigenvalue weighted by Crippen LogP contribution is 2.17. The number of aryl methyl sites for hydroxylation is 1. The Kier molecular flexibility index (Phi) is 6.60. The summed E-state index contributed by atoms with van der Waals surface area (Å²) in [7, 11) is 2.14. The van der Waals surface area contributed by atoms with E-state index in [1.54, 1.807) is 0 Å². The maximum absolute atomic E-state index is 12.2. The summed E-state index contributed by atoms with van der Waals surface area (Å²) >= 11 is 0. The fourth-order valence-electron chi connectivity index (χ4n) is 2.70. The molecule has 0 unspecified atom stereocenters. The Morgan fingerprint density at radius 2 is 1.74 bits per heavy atom. The van der Waals surface area contributed by atoms with E-state index in [1.165, 1.54) is 23.8 Å². The van der Waals surface area contributed by atoms with Crippen LogP contribution >= 0.6 is 0 Å². The van der Waals surface area contributed by atoms with Crippen LogP contribution in [0, 0.1) is 6.92 Å². The van der Waals surface area contributed by atoms with Gasteiger partial charge in [0.2, 0.25) is 0 Å². The molecular weight excluding hydrogens is 284 g/mol. The molecule has 124 valence electrons. The quantitative estimate of drug-likeness (QED) is 0.747. The summed E-state index contributed by atoms with van der Waals surface area (Å²) in [6, 6.07) is 12.2. The van der Waals surface area contributed by atoms with Crippen molar-refractivity contribution in [2.75, 3.05) is 26.7 Å². The second-order valence-corrected chi connectivity index (χ2v) is 6.33. The van der Waals surface area contributed by atoms with Crippen molar-refractivity contribution in [3.63, 3.8) is 0 Å². The minimum atomic E-state index is 0.0173. The van der Waals surface area contributed by atoms with Gasteiger partial charge in [-0.25, -0.2) is 0 Å². The van der Waals surface area contributed by atoms with Crippen molar-refractivity contribution in [2.24, 2.45) is 0 Å². The van der Waals surface area contributed by atoms with Crippen LogP contribution in [0.4, 0.5) is 0 Å². The van der Waals surface area contributed by atoms with Crippen LogP contribution in [0.15, 0.2) is 36.4 Å². The predicted molar refractivity (Wildman–Crippen MR) is 98.0 cm³/mol. The fraction of sp³-hybridized carbons (Fsp3) is 0.450. The van der Waals surface area contributed by atoms with Gasteiger partial charge in [-0.15, -0.1) is 0 Å². The lowest BCUT2D eigenvalue weighted by Crippen LogP contribution is -2.28. The Labute approximate surface area is 139 Å². The summed E-state index contributed by atoms with van der Waals surface area (Å²) in [6.07, 6.45) is 3.45. The van der Waals surface area contributed by atoms with E-state index >= 15 is 0 Å². The van der Waals surface area contributed by atoms with Crippen LogP contribution in [0.1, 0.15) is 42.1 Å². The molecule has 0 aliphatic heterocycles. The molecule has 0 aliphatic carbocycles. The lowest BCUT2D eigenvalue weighted by molar-refractivity contribution is 0.0952. The van der Waals surface area contributed by atoms with Crippen molar-refractivity contribution in [3.05, 3.63) is 47.5 Å². The maximum atomic E-state index is 12.2. The number of unbranched alkanes of at least 4 members (excludes halogenated alkanes) is 1. The highest BCUT2D eigenvalue weighted by molar-refractivity contribution is 5.98. The first-order valence-electron chi connectivity index (χ1n) is 8.57. The Balaban J connectivity index is 1.83. The maximum Gasteiger partial charge on any atom is 0.251 e. The van der Waals surface area contributed by atoms with E-state index in [4.69, 9.17) is 0 Å². The Morgan fingerprint density at radius 1 is 1.04 bits per heavy atom. The van der Waals surface area contributed by atoms with E-state index < -0.39 is 0 Å². The number of fused-ring (bicyclic) bond motifs is 1. The van der Waals surface area contributed by atoms with Gasteiger partial charge in [-0.05, 0) is 62.8 Å². The number of rotatable bonds is 8. The van der Waals surface area contributed by atoms with E-state index in [2.05, 4.69) is 49.3 Å². The normalized spacial score (nSPS) is 11.1. The zero-order valence-electron chi connectivity index (χ0n) is 14.6. The van der Waals surface area contributed by atoms with Gasteiger partial charge in [0.1, 0.15) is 0 Å². The minimum Gasteiger partial charge on any atom is -0.352 e. The molecule has 0 aliphatic rings. The summed E-state index contributed by atoms with van der Waals surface area (Å²) in [5, 5.41) is 5.31. The number of nitrogens with zero attached hydrogens (tertiary/aromatic N) is 1. The molecule has 0 spiro atoms. The standard InChI is InChI=1S/C20H28N2O/c1-4-5-12-22(3)13-6-11-21-20(23)19-10-9-17-14-16(2)7-8-18(17)15-19/h7-10,14-15H,4-6,11-13H2,1-3H3,(H,21,23). The monoisotopic (exact) mass is 312 g/mol. The van der Waals surface area contributed by atoms with Crippen molar-refractivity contribution in [3.8, 4) is 0 Å². The zero-order valence-corrected chi connectivity index (χ0v) is 14.6. The number of nitrogens with one attached hydrogen (secondary N) is 1. The molecule has 0 atom stereocenters. The molecule has 2 aromatic rings. The largest absolute Gasteiger partial charge is 0.352 e. The molecule has 23 heavy (non-hydrogen) atoms. The molecule has 3 nitrogen and oxygen atoms in total. The third-order valence-electron chi connectivity index (χ3n) is 4.15. The van der Waals surface area contributed by atoms with Gasteiger partial charge in [-0.2, -0.15) is 0 Å². The second kappa shape index (κ2) is 8.68. The molecule has 3 heteroatoms. The van der Waals surface area contributed by atoms with Gasteiger partial charge in [0.05, 0.1) is 0 Å². The van der Waals surface area contributed by atoms with Gasteiger partial charge in [-0.3, -0.25) is 4.79 Å². The van der Waals surface area contributed by atoms with Crippen LogP contribution in [-0.4, -0.2) is 37.5 Å². The Hall–Kier alpha value is -1.87. The number of hydrogen-bond donors (Lipinski definition) is 1. The third kappa shape index (κ3) is 5.36. The van der Waals surface area contributed by atoms with E-state index in [0.29, 0.717) is 0 Å². The average molecular weight is 312 g/mol. The van der Waals surface area contributed by atoms with Crippen LogP contribution in [-0.2, 0) is 0 Å². The molecule has 0 saturated heterocycles. The molecular formula is C20H28N2O. The van der Waals surface area contributed by atoms with Crippen molar-refractivity contribution in [1.29, 1.82) is 0 Å². The van der Waals surface area contributed by atoms with E-state index in [0.717, 1.165) is 37.0 Å². The molecule has 2 aromatic carbocycles. The second-order valence-electron chi connectivity index (χ2n) is 6.33. The first kappa shape index (κ1) is 17.5.